The van der Waals surface area contributed by atoms with Crippen molar-refractivity contribution >= 4 is 0 Å². The zero-order valence-corrected chi connectivity index (χ0v) is 14.2. The molecule has 2 aliphatic carbocycles. The zero-order chi connectivity index (χ0) is 16.8. The summed E-state index contributed by atoms with van der Waals surface area (Å²) in [6.07, 6.45) is 6.92. The third-order valence-corrected chi connectivity index (χ3v) is 5.83. The van der Waals surface area contributed by atoms with Crippen molar-refractivity contribution in [3.63, 3.8) is 0 Å². The molecule has 3 aliphatic rings. The zero-order valence-electron chi connectivity index (χ0n) is 14.2. The molecule has 0 spiro atoms. The van der Waals surface area contributed by atoms with Crippen molar-refractivity contribution < 1.29 is 0 Å². The molecule has 3 fully saturated rings. The maximum Gasteiger partial charge on any atom is 0.153 e. The first-order valence-corrected chi connectivity index (χ1v) is 9.29. The minimum absolute atomic E-state index is 0.463. The van der Waals surface area contributed by atoms with Crippen molar-refractivity contribution in [2.24, 2.45) is 11.8 Å². The minimum Gasteiger partial charge on any atom is -0.298 e. The highest BCUT2D eigenvalue weighted by Gasteiger charge is 2.44. The van der Waals surface area contributed by atoms with Crippen LogP contribution in [-0.4, -0.2) is 38.2 Å². The summed E-state index contributed by atoms with van der Waals surface area (Å²) in [5.74, 6) is 4.70. The molecule has 25 heavy (non-hydrogen) atoms. The molecular formula is C19H22N6. The third-order valence-electron chi connectivity index (χ3n) is 5.83. The van der Waals surface area contributed by atoms with E-state index in [0.717, 1.165) is 42.8 Å². The number of hydrogen-bond acceptors (Lipinski definition) is 5. The number of H-pyrrole nitrogens is 1. The van der Waals surface area contributed by atoms with Crippen molar-refractivity contribution in [3.05, 3.63) is 41.2 Å². The highest BCUT2D eigenvalue weighted by atomic mass is 15.2. The van der Waals surface area contributed by atoms with Gasteiger partial charge in [0.05, 0.1) is 0 Å². The second-order valence-electron chi connectivity index (χ2n) is 7.82. The number of aromatic nitrogens is 4. The smallest absolute Gasteiger partial charge is 0.153 e. The van der Waals surface area contributed by atoms with Gasteiger partial charge >= 0.3 is 0 Å². The molecule has 128 valence electrons. The molecule has 0 unspecified atom stereocenters. The Hall–Kier alpha value is -2.26. The van der Waals surface area contributed by atoms with Gasteiger partial charge < -0.3 is 0 Å². The first-order valence-electron chi connectivity index (χ1n) is 9.29. The number of aromatic amines is 1. The topological polar surface area (TPSA) is 81.5 Å². The lowest BCUT2D eigenvalue weighted by Gasteiger charge is -2.15. The van der Waals surface area contributed by atoms with Crippen molar-refractivity contribution in [1.29, 1.82) is 5.26 Å². The molecule has 6 nitrogen and oxygen atoms in total. The Labute approximate surface area is 147 Å². The lowest BCUT2D eigenvalue weighted by atomic mass is 9.91. The van der Waals surface area contributed by atoms with Crippen LogP contribution in [0.3, 0.4) is 0 Å². The second-order valence-corrected chi connectivity index (χ2v) is 7.82. The van der Waals surface area contributed by atoms with Gasteiger partial charge in [-0.05, 0) is 55.2 Å². The highest BCUT2D eigenvalue weighted by molar-refractivity contribution is 5.25. The molecule has 0 bridgehead atoms. The fourth-order valence-electron chi connectivity index (χ4n) is 4.20. The van der Waals surface area contributed by atoms with Crippen LogP contribution >= 0.6 is 0 Å². The summed E-state index contributed by atoms with van der Waals surface area (Å²) in [6, 6.07) is 6.05. The van der Waals surface area contributed by atoms with Crippen molar-refractivity contribution in [1.82, 2.24) is 25.1 Å². The van der Waals surface area contributed by atoms with Gasteiger partial charge in [0, 0.05) is 37.7 Å². The third kappa shape index (κ3) is 3.05. The molecular weight excluding hydrogens is 312 g/mol. The molecule has 2 aromatic heterocycles. The number of rotatable bonds is 5. The van der Waals surface area contributed by atoms with E-state index in [1.54, 1.807) is 6.20 Å². The van der Waals surface area contributed by atoms with Crippen LogP contribution in [0.2, 0.25) is 0 Å². The SMILES string of the molecule is N#Cc1cc(CN2C[C@H](c3nc(C4CC4)n[nH]3)[C@@H](C3CC3)C2)ccn1. The van der Waals surface area contributed by atoms with Crippen LogP contribution in [-0.2, 0) is 6.54 Å². The molecule has 1 N–H and O–H groups in total. The Kier molecular flexibility index (Phi) is 3.56. The average molecular weight is 334 g/mol. The highest BCUT2D eigenvalue weighted by Crippen LogP contribution is 2.47. The van der Waals surface area contributed by atoms with E-state index >= 15 is 0 Å². The fourth-order valence-corrected chi connectivity index (χ4v) is 4.20. The van der Waals surface area contributed by atoms with Crippen molar-refractivity contribution in [2.75, 3.05) is 13.1 Å². The van der Waals surface area contributed by atoms with E-state index in [1.807, 2.05) is 12.1 Å². The normalized spacial score (nSPS) is 26.7. The molecule has 0 amide bonds. The van der Waals surface area contributed by atoms with Crippen molar-refractivity contribution in [3.8, 4) is 6.07 Å². The number of nitrogens with one attached hydrogen (secondary N) is 1. The largest absolute Gasteiger partial charge is 0.298 e. The van der Waals surface area contributed by atoms with Gasteiger partial charge in [-0.2, -0.15) is 10.4 Å². The lowest BCUT2D eigenvalue weighted by Crippen LogP contribution is -2.20. The average Bonchev–Trinajstić information content (AvgIpc) is 3.57. The van der Waals surface area contributed by atoms with Gasteiger partial charge in [-0.3, -0.25) is 10.00 Å². The summed E-state index contributed by atoms with van der Waals surface area (Å²) in [5, 5.41) is 16.8. The van der Waals surface area contributed by atoms with Crippen molar-refractivity contribution in [2.45, 2.75) is 44.1 Å². The Morgan fingerprint density at radius 3 is 2.88 bits per heavy atom. The fraction of sp³-hybridized carbons (Fsp3) is 0.579. The monoisotopic (exact) mass is 334 g/mol. The van der Waals surface area contributed by atoms with E-state index in [2.05, 4.69) is 26.2 Å². The van der Waals surface area contributed by atoms with Gasteiger partial charge in [0.15, 0.2) is 5.82 Å². The van der Waals surface area contributed by atoms with Gasteiger partial charge in [0.2, 0.25) is 0 Å². The Balaban J connectivity index is 1.33. The minimum atomic E-state index is 0.463. The number of likely N-dealkylation sites (tertiary alicyclic amines) is 1. The molecule has 0 aromatic carbocycles. The predicted molar refractivity (Wildman–Crippen MR) is 91.5 cm³/mol. The van der Waals surface area contributed by atoms with Crippen LogP contribution < -0.4 is 0 Å². The van der Waals surface area contributed by atoms with E-state index in [0.29, 0.717) is 23.4 Å². The molecule has 2 atom stereocenters. The number of nitrogens with zero attached hydrogens (tertiary/aromatic N) is 5. The van der Waals surface area contributed by atoms with Crippen LogP contribution in [0.1, 0.15) is 60.4 Å². The molecule has 2 saturated carbocycles. The number of pyridine rings is 1. The van der Waals surface area contributed by atoms with E-state index in [4.69, 9.17) is 10.2 Å². The molecule has 2 aromatic rings. The van der Waals surface area contributed by atoms with Crippen LogP contribution in [0.25, 0.3) is 0 Å². The van der Waals surface area contributed by atoms with Crippen LogP contribution in [0.5, 0.6) is 0 Å². The molecule has 1 aliphatic heterocycles. The van der Waals surface area contributed by atoms with E-state index in [1.165, 1.54) is 25.7 Å². The summed E-state index contributed by atoms with van der Waals surface area (Å²) < 4.78 is 0. The van der Waals surface area contributed by atoms with E-state index < -0.39 is 0 Å². The number of nitriles is 1. The lowest BCUT2D eigenvalue weighted by molar-refractivity contribution is 0.309. The van der Waals surface area contributed by atoms with Gasteiger partial charge in [-0.25, -0.2) is 9.97 Å². The summed E-state index contributed by atoms with van der Waals surface area (Å²) in [5.41, 5.74) is 1.66. The first-order chi connectivity index (χ1) is 12.3. The predicted octanol–water partition coefficient (Wildman–Crippen LogP) is 2.57. The summed E-state index contributed by atoms with van der Waals surface area (Å²) in [4.78, 5) is 11.4. The van der Waals surface area contributed by atoms with Crippen LogP contribution in [0.15, 0.2) is 18.3 Å². The summed E-state index contributed by atoms with van der Waals surface area (Å²) >= 11 is 0. The standard InChI is InChI=1S/C19H22N6/c20-8-15-7-12(5-6-21-15)9-25-10-16(13-1-2-13)17(11-25)19-22-18(23-24-19)14-3-4-14/h5-7,13-14,16-17H,1-4,9-11H2,(H,22,23,24)/t16-,17+/m1/s1. The quantitative estimate of drug-likeness (QED) is 0.909. The van der Waals surface area contributed by atoms with Crippen LogP contribution in [0.4, 0.5) is 0 Å². The maximum absolute atomic E-state index is 9.04. The summed E-state index contributed by atoms with van der Waals surface area (Å²) in [6.45, 7) is 3.00. The molecule has 5 rings (SSSR count). The van der Waals surface area contributed by atoms with Gasteiger partial charge in [-0.1, -0.05) is 0 Å². The van der Waals surface area contributed by atoms with Gasteiger partial charge in [0.1, 0.15) is 17.6 Å². The van der Waals surface area contributed by atoms with E-state index in [-0.39, 0.29) is 0 Å². The van der Waals surface area contributed by atoms with Gasteiger partial charge in [-0.15, -0.1) is 0 Å². The Bertz CT molecular complexity index is 813. The molecule has 0 radical (unpaired) electrons. The Morgan fingerprint density at radius 2 is 2.12 bits per heavy atom. The molecule has 3 heterocycles. The van der Waals surface area contributed by atoms with Crippen LogP contribution in [0, 0.1) is 23.2 Å². The number of hydrogen-bond donors (Lipinski definition) is 1. The second kappa shape index (κ2) is 5.92. The molecule has 6 heteroatoms. The maximum atomic E-state index is 9.04. The Morgan fingerprint density at radius 1 is 1.24 bits per heavy atom. The van der Waals surface area contributed by atoms with Gasteiger partial charge in [0.25, 0.3) is 0 Å². The molecule has 1 saturated heterocycles. The van der Waals surface area contributed by atoms with E-state index in [9.17, 15) is 0 Å². The first kappa shape index (κ1) is 15.0. The summed E-state index contributed by atoms with van der Waals surface area (Å²) in [7, 11) is 0.